The second-order valence-electron chi connectivity index (χ2n) is 3.91. The number of amides is 1. The first-order valence-corrected chi connectivity index (χ1v) is 5.86. The minimum atomic E-state index is -1.50. The van der Waals surface area contributed by atoms with Crippen LogP contribution in [0.2, 0.25) is 5.02 Å². The molecule has 90 valence electrons. The highest BCUT2D eigenvalue weighted by Gasteiger charge is 2.24. The average Bonchev–Trinajstić information content (AvgIpc) is 2.23. The van der Waals surface area contributed by atoms with E-state index in [-0.39, 0.29) is 5.02 Å². The first kappa shape index (κ1) is 14.0. The van der Waals surface area contributed by atoms with Gasteiger partial charge in [-0.05, 0) is 41.9 Å². The van der Waals surface area contributed by atoms with Gasteiger partial charge in [-0.2, -0.15) is 5.26 Å². The van der Waals surface area contributed by atoms with Crippen molar-refractivity contribution in [2.75, 3.05) is 5.32 Å². The van der Waals surface area contributed by atoms with Gasteiger partial charge in [0.1, 0.15) is 11.7 Å². The number of benzene rings is 1. The largest absolute Gasteiger partial charge is 0.381 e. The highest BCUT2D eigenvalue weighted by molar-refractivity contribution is 9.10. The molecule has 0 saturated carbocycles. The normalized spacial score (nSPS) is 10.8. The molecule has 0 aliphatic rings. The highest BCUT2D eigenvalue weighted by Crippen LogP contribution is 2.33. The molecule has 0 aliphatic heterocycles. The van der Waals surface area contributed by atoms with Gasteiger partial charge >= 0.3 is 0 Å². The minimum absolute atomic E-state index is 0.224. The Balaban J connectivity index is 3.07. The predicted molar refractivity (Wildman–Crippen MR) is 68.8 cm³/mol. The summed E-state index contributed by atoms with van der Waals surface area (Å²) in [5, 5.41) is 21.0. The van der Waals surface area contributed by atoms with Crippen LogP contribution in [0, 0.1) is 11.3 Å². The van der Waals surface area contributed by atoms with Crippen LogP contribution < -0.4 is 5.32 Å². The van der Waals surface area contributed by atoms with Crippen molar-refractivity contribution < 1.29 is 9.90 Å². The van der Waals surface area contributed by atoms with E-state index in [9.17, 15) is 9.90 Å². The zero-order valence-electron chi connectivity index (χ0n) is 9.21. The fourth-order valence-electron chi connectivity index (χ4n) is 1.01. The molecule has 0 saturated heterocycles. The van der Waals surface area contributed by atoms with Crippen LogP contribution >= 0.6 is 27.5 Å². The zero-order chi connectivity index (χ0) is 13.2. The molecule has 0 unspecified atom stereocenters. The lowest BCUT2D eigenvalue weighted by molar-refractivity contribution is -0.130. The summed E-state index contributed by atoms with van der Waals surface area (Å²) in [5.74, 6) is -0.573. The van der Waals surface area contributed by atoms with Gasteiger partial charge in [-0.3, -0.25) is 4.79 Å². The maximum Gasteiger partial charge on any atom is 0.255 e. The number of rotatable bonds is 2. The van der Waals surface area contributed by atoms with E-state index in [1.807, 2.05) is 6.07 Å². The van der Waals surface area contributed by atoms with Gasteiger partial charge in [0, 0.05) is 0 Å². The van der Waals surface area contributed by atoms with E-state index in [1.54, 1.807) is 0 Å². The quantitative estimate of drug-likeness (QED) is 0.881. The summed E-state index contributed by atoms with van der Waals surface area (Å²) in [6.07, 6.45) is 0. The predicted octanol–water partition coefficient (Wildman–Crippen LogP) is 2.68. The summed E-state index contributed by atoms with van der Waals surface area (Å²) in [6, 6.07) is 4.99. The molecule has 0 aromatic heterocycles. The molecule has 1 rings (SSSR count). The summed E-state index contributed by atoms with van der Waals surface area (Å²) in [7, 11) is 0. The van der Waals surface area contributed by atoms with Gasteiger partial charge in [-0.25, -0.2) is 0 Å². The summed E-state index contributed by atoms with van der Waals surface area (Å²) >= 11 is 9.14. The first-order valence-electron chi connectivity index (χ1n) is 4.69. The number of hydrogen-bond donors (Lipinski definition) is 2. The third kappa shape index (κ3) is 3.19. The van der Waals surface area contributed by atoms with E-state index < -0.39 is 11.5 Å². The van der Waals surface area contributed by atoms with E-state index in [1.165, 1.54) is 26.0 Å². The van der Waals surface area contributed by atoms with Crippen LogP contribution in [0.1, 0.15) is 19.4 Å². The molecule has 1 amide bonds. The van der Waals surface area contributed by atoms with Crippen molar-refractivity contribution in [2.24, 2.45) is 0 Å². The van der Waals surface area contributed by atoms with E-state index in [0.29, 0.717) is 15.7 Å². The van der Waals surface area contributed by atoms with Gasteiger partial charge in [-0.15, -0.1) is 0 Å². The molecular formula is C11H10BrClN2O2. The third-order valence-electron chi connectivity index (χ3n) is 2.01. The van der Waals surface area contributed by atoms with Crippen molar-refractivity contribution in [3.05, 3.63) is 27.2 Å². The molecule has 1 aromatic rings. The molecule has 0 spiro atoms. The van der Waals surface area contributed by atoms with Crippen molar-refractivity contribution in [3.63, 3.8) is 0 Å². The van der Waals surface area contributed by atoms with Crippen LogP contribution in [0.4, 0.5) is 5.69 Å². The lowest BCUT2D eigenvalue weighted by Crippen LogP contribution is -2.36. The zero-order valence-corrected chi connectivity index (χ0v) is 11.6. The Kier molecular flexibility index (Phi) is 4.15. The van der Waals surface area contributed by atoms with Crippen LogP contribution in [0.3, 0.4) is 0 Å². The molecule has 1 aromatic carbocycles. The number of nitriles is 1. The van der Waals surface area contributed by atoms with Crippen LogP contribution in [0.15, 0.2) is 16.6 Å². The molecule has 4 nitrogen and oxygen atoms in total. The second-order valence-corrected chi connectivity index (χ2v) is 5.08. The molecular weight excluding hydrogens is 307 g/mol. The smallest absolute Gasteiger partial charge is 0.255 e. The maximum absolute atomic E-state index is 11.6. The van der Waals surface area contributed by atoms with E-state index in [0.717, 1.165) is 0 Å². The average molecular weight is 318 g/mol. The lowest BCUT2D eigenvalue weighted by Gasteiger charge is -2.17. The SMILES string of the molecule is CC(C)(O)C(=O)Nc1ccc(C#N)c(Br)c1Cl. The van der Waals surface area contributed by atoms with E-state index in [2.05, 4.69) is 21.2 Å². The van der Waals surface area contributed by atoms with Gasteiger partial charge in [0.25, 0.3) is 5.91 Å². The van der Waals surface area contributed by atoms with Crippen molar-refractivity contribution in [2.45, 2.75) is 19.4 Å². The summed E-state index contributed by atoms with van der Waals surface area (Å²) in [5.41, 5.74) is -0.787. The molecule has 0 heterocycles. The van der Waals surface area contributed by atoms with Crippen molar-refractivity contribution in [1.82, 2.24) is 0 Å². The Morgan fingerprint density at radius 3 is 2.65 bits per heavy atom. The number of hydrogen-bond acceptors (Lipinski definition) is 3. The second kappa shape index (κ2) is 5.05. The molecule has 2 N–H and O–H groups in total. The Morgan fingerprint density at radius 2 is 2.18 bits per heavy atom. The van der Waals surface area contributed by atoms with Crippen LogP contribution in [-0.2, 0) is 4.79 Å². The van der Waals surface area contributed by atoms with Crippen molar-refractivity contribution >= 4 is 39.1 Å². The lowest BCUT2D eigenvalue weighted by atomic mass is 10.1. The number of halogens is 2. The van der Waals surface area contributed by atoms with Gasteiger partial charge in [0.05, 0.1) is 20.7 Å². The molecule has 0 aliphatic carbocycles. The summed E-state index contributed by atoms with van der Waals surface area (Å²) in [6.45, 7) is 2.74. The van der Waals surface area contributed by atoms with Gasteiger partial charge in [0.2, 0.25) is 0 Å². The summed E-state index contributed by atoms with van der Waals surface area (Å²) in [4.78, 5) is 11.6. The first-order chi connectivity index (χ1) is 7.77. The number of nitrogens with one attached hydrogen (secondary N) is 1. The van der Waals surface area contributed by atoms with Crippen LogP contribution in [0.25, 0.3) is 0 Å². The Labute approximate surface area is 112 Å². The van der Waals surface area contributed by atoms with E-state index >= 15 is 0 Å². The van der Waals surface area contributed by atoms with E-state index in [4.69, 9.17) is 16.9 Å². The fraction of sp³-hybridized carbons (Fsp3) is 0.273. The van der Waals surface area contributed by atoms with Crippen LogP contribution in [0.5, 0.6) is 0 Å². The molecule has 0 fully saturated rings. The standard InChI is InChI=1S/C11H10BrClN2O2/c1-11(2,17)10(16)15-7-4-3-6(5-14)8(12)9(7)13/h3-4,17H,1-2H3,(H,15,16). The maximum atomic E-state index is 11.6. The van der Waals surface area contributed by atoms with Gasteiger partial charge < -0.3 is 10.4 Å². The Bertz CT molecular complexity index is 503. The van der Waals surface area contributed by atoms with Crippen LogP contribution in [-0.4, -0.2) is 16.6 Å². The number of nitrogens with zero attached hydrogens (tertiary/aromatic N) is 1. The number of carbonyl (C=O) groups is 1. The molecule has 0 atom stereocenters. The number of carbonyl (C=O) groups excluding carboxylic acids is 1. The molecule has 0 radical (unpaired) electrons. The number of anilines is 1. The van der Waals surface area contributed by atoms with Gasteiger partial charge in [0.15, 0.2) is 0 Å². The summed E-state index contributed by atoms with van der Waals surface area (Å²) < 4.78 is 0.412. The fourth-order valence-corrected chi connectivity index (χ4v) is 1.65. The monoisotopic (exact) mass is 316 g/mol. The Morgan fingerprint density at radius 1 is 1.59 bits per heavy atom. The van der Waals surface area contributed by atoms with Gasteiger partial charge in [-0.1, -0.05) is 11.6 Å². The van der Waals surface area contributed by atoms with Crippen molar-refractivity contribution in [3.8, 4) is 6.07 Å². The number of aliphatic hydroxyl groups is 1. The highest BCUT2D eigenvalue weighted by atomic mass is 79.9. The molecule has 17 heavy (non-hydrogen) atoms. The molecule has 6 heteroatoms. The Hall–Kier alpha value is -1.09. The van der Waals surface area contributed by atoms with Crippen molar-refractivity contribution in [1.29, 1.82) is 5.26 Å². The molecule has 0 bridgehead atoms. The third-order valence-corrected chi connectivity index (χ3v) is 3.45. The minimum Gasteiger partial charge on any atom is -0.381 e. The topological polar surface area (TPSA) is 73.1 Å².